The Labute approximate surface area is 264 Å². The van der Waals surface area contributed by atoms with E-state index in [0.717, 1.165) is 27.1 Å². The summed E-state index contributed by atoms with van der Waals surface area (Å²) in [4.78, 5) is 14.9. The summed E-state index contributed by atoms with van der Waals surface area (Å²) in [6.45, 7) is 0. The normalized spacial score (nSPS) is 13.9. The molecule has 0 bridgehead atoms. The van der Waals surface area contributed by atoms with Crippen LogP contribution in [0.3, 0.4) is 0 Å². The molecule has 0 N–H and O–H groups in total. The van der Waals surface area contributed by atoms with Crippen molar-refractivity contribution in [3.8, 4) is 28.7 Å². The Kier molecular flexibility index (Phi) is 3.87. The highest BCUT2D eigenvalue weighted by atomic mass is 16.3. The fourth-order valence-electron chi connectivity index (χ4n) is 6.25. The first kappa shape index (κ1) is 19.1. The minimum absolute atomic E-state index is 0.0424. The topological polar surface area (TPSA) is 69.9 Å². The highest BCUT2D eigenvalue weighted by Crippen LogP contribution is 2.38. The largest absolute Gasteiger partial charge is 0.456 e. The van der Waals surface area contributed by atoms with E-state index in [4.69, 9.17) is 32.0 Å². The van der Waals surface area contributed by atoms with E-state index in [0.29, 0.717) is 27.9 Å². The van der Waals surface area contributed by atoms with Crippen LogP contribution in [0.1, 0.15) is 8.22 Å². The van der Waals surface area contributed by atoms with Crippen LogP contribution in [-0.4, -0.2) is 19.5 Å². The summed E-state index contributed by atoms with van der Waals surface area (Å²) in [7, 11) is 0. The van der Waals surface area contributed by atoms with Crippen LogP contribution < -0.4 is 0 Å². The molecular weight excluding hydrogens is 556 g/mol. The Balaban J connectivity index is 1.34. The molecule has 45 heavy (non-hydrogen) atoms. The number of furan rings is 2. The molecular formula is C39H22N4O2. The van der Waals surface area contributed by atoms with Crippen molar-refractivity contribution in [3.05, 3.63) is 133 Å². The van der Waals surface area contributed by atoms with Gasteiger partial charge in [-0.1, -0.05) is 90.9 Å². The van der Waals surface area contributed by atoms with E-state index in [1.165, 1.54) is 16.7 Å². The first-order valence-corrected chi connectivity index (χ1v) is 14.4. The van der Waals surface area contributed by atoms with Gasteiger partial charge in [-0.2, -0.15) is 9.97 Å². The SMILES string of the molecule is [2H]c1cc([2H])c2c(c1[2H])c1c([2H])c([2H])cc([2H])c1n2-c1nc(-c2ccc3c(c2)oc2ccccc23)nc(-c2cccc3oc4ccccc4c23)n1. The summed E-state index contributed by atoms with van der Waals surface area (Å²) in [5.41, 5.74) is 4.32. The smallest absolute Gasteiger partial charge is 0.238 e. The van der Waals surface area contributed by atoms with E-state index in [2.05, 4.69) is 0 Å². The molecule has 0 aliphatic rings. The van der Waals surface area contributed by atoms with Gasteiger partial charge in [0.2, 0.25) is 5.95 Å². The maximum Gasteiger partial charge on any atom is 0.238 e. The monoisotopic (exact) mass is 584 g/mol. The highest BCUT2D eigenvalue weighted by molar-refractivity contribution is 6.12. The van der Waals surface area contributed by atoms with Crippen LogP contribution in [0.4, 0.5) is 0 Å². The first-order chi connectivity index (χ1) is 24.8. The third kappa shape index (κ3) is 3.53. The average molecular weight is 585 g/mol. The predicted octanol–water partition coefficient (Wildman–Crippen LogP) is 10.1. The van der Waals surface area contributed by atoms with Crippen LogP contribution >= 0.6 is 0 Å². The molecule has 0 fully saturated rings. The Hall–Kier alpha value is -6.27. The quantitative estimate of drug-likeness (QED) is 0.207. The average Bonchev–Trinajstić information content (AvgIpc) is 3.83. The number of aromatic nitrogens is 4. The number of fused-ring (bicyclic) bond motifs is 9. The number of nitrogens with zero attached hydrogens (tertiary/aromatic N) is 4. The Morgan fingerprint density at radius 1 is 0.511 bits per heavy atom. The number of rotatable bonds is 3. The molecule has 0 saturated heterocycles. The molecule has 0 saturated carbocycles. The summed E-state index contributed by atoms with van der Waals surface area (Å²) >= 11 is 0. The highest BCUT2D eigenvalue weighted by Gasteiger charge is 2.20. The lowest BCUT2D eigenvalue weighted by Crippen LogP contribution is -2.06. The summed E-state index contributed by atoms with van der Waals surface area (Å²) in [5, 5.41) is 3.81. The fraction of sp³-hybridized carbons (Fsp3) is 0. The summed E-state index contributed by atoms with van der Waals surface area (Å²) in [5.74, 6) is 0.610. The molecule has 6 heteroatoms. The van der Waals surface area contributed by atoms with Gasteiger partial charge in [0.1, 0.15) is 22.3 Å². The fourth-order valence-corrected chi connectivity index (χ4v) is 6.25. The number of hydrogen-bond donors (Lipinski definition) is 0. The van der Waals surface area contributed by atoms with Gasteiger partial charge >= 0.3 is 0 Å². The predicted molar refractivity (Wildman–Crippen MR) is 180 cm³/mol. The van der Waals surface area contributed by atoms with Gasteiger partial charge in [0, 0.05) is 43.4 Å². The standard InChI is InChI=1S/C39H22N4O2/c1-5-15-30-24(10-1)25-11-2-6-16-31(25)43(30)39-41-37(23-20-21-27-26-12-3-7-17-32(26)45-35(27)22-23)40-38(42-39)29-14-9-19-34-36(29)28-13-4-8-18-33(28)44-34/h1-22H/i1D,2D,10D,11D,15D,16D. The van der Waals surface area contributed by atoms with Gasteiger partial charge in [-0.05, 0) is 42.4 Å². The van der Waals surface area contributed by atoms with Crippen molar-refractivity contribution in [1.82, 2.24) is 19.5 Å². The second kappa shape index (κ2) is 9.11. The Bertz CT molecular complexity index is 3060. The van der Waals surface area contributed by atoms with Crippen molar-refractivity contribution >= 4 is 65.7 Å². The molecule has 6 aromatic carbocycles. The van der Waals surface area contributed by atoms with Gasteiger partial charge in [-0.25, -0.2) is 4.98 Å². The van der Waals surface area contributed by atoms with Crippen molar-refractivity contribution in [2.75, 3.05) is 0 Å². The lowest BCUT2D eigenvalue weighted by atomic mass is 10.1. The summed E-state index contributed by atoms with van der Waals surface area (Å²) in [6.07, 6.45) is 0. The first-order valence-electron chi connectivity index (χ1n) is 17.4. The van der Waals surface area contributed by atoms with E-state index in [1.807, 2.05) is 84.9 Å². The molecule has 0 amide bonds. The van der Waals surface area contributed by atoms with Crippen molar-refractivity contribution in [2.24, 2.45) is 0 Å². The molecule has 0 atom stereocenters. The van der Waals surface area contributed by atoms with Crippen molar-refractivity contribution in [2.45, 2.75) is 0 Å². The third-order valence-corrected chi connectivity index (χ3v) is 8.23. The van der Waals surface area contributed by atoms with E-state index < -0.39 is 0 Å². The van der Waals surface area contributed by atoms with Gasteiger partial charge < -0.3 is 8.83 Å². The molecule has 6 nitrogen and oxygen atoms in total. The molecule has 0 radical (unpaired) electrons. The van der Waals surface area contributed by atoms with Gasteiger partial charge in [-0.15, -0.1) is 0 Å². The van der Waals surface area contributed by atoms with Crippen LogP contribution in [0.15, 0.2) is 142 Å². The summed E-state index contributed by atoms with van der Waals surface area (Å²) < 4.78 is 66.4. The van der Waals surface area contributed by atoms with Crippen molar-refractivity contribution < 1.29 is 17.1 Å². The zero-order valence-corrected chi connectivity index (χ0v) is 23.3. The van der Waals surface area contributed by atoms with Crippen LogP contribution in [0.2, 0.25) is 0 Å². The third-order valence-electron chi connectivity index (χ3n) is 8.23. The zero-order valence-electron chi connectivity index (χ0n) is 29.3. The van der Waals surface area contributed by atoms with Crippen molar-refractivity contribution in [3.63, 3.8) is 0 Å². The maximum atomic E-state index is 8.99. The number of para-hydroxylation sites is 4. The zero-order chi connectivity index (χ0) is 34.7. The molecule has 10 rings (SSSR count). The Morgan fingerprint density at radius 3 is 1.96 bits per heavy atom. The lowest BCUT2D eigenvalue weighted by molar-refractivity contribution is 0.668. The maximum absolute atomic E-state index is 8.99. The molecule has 10 aromatic rings. The number of benzene rings is 6. The van der Waals surface area contributed by atoms with Crippen LogP contribution in [0.5, 0.6) is 0 Å². The van der Waals surface area contributed by atoms with Crippen LogP contribution in [-0.2, 0) is 0 Å². The molecule has 0 aliphatic carbocycles. The van der Waals surface area contributed by atoms with Crippen molar-refractivity contribution in [1.29, 1.82) is 0 Å². The van der Waals surface area contributed by atoms with Gasteiger partial charge in [-0.3, -0.25) is 4.57 Å². The molecule has 4 aromatic heterocycles. The second-order valence-electron chi connectivity index (χ2n) is 10.8. The Morgan fingerprint density at radius 2 is 1.16 bits per heavy atom. The lowest BCUT2D eigenvalue weighted by Gasteiger charge is -2.11. The van der Waals surface area contributed by atoms with Gasteiger partial charge in [0.25, 0.3) is 0 Å². The molecule has 0 aliphatic heterocycles. The molecule has 4 heterocycles. The van der Waals surface area contributed by atoms with E-state index in [-0.39, 0.29) is 75.7 Å². The minimum atomic E-state index is -0.220. The van der Waals surface area contributed by atoms with Crippen LogP contribution in [0, 0.1) is 0 Å². The molecule has 0 spiro atoms. The van der Waals surface area contributed by atoms with E-state index >= 15 is 0 Å². The van der Waals surface area contributed by atoms with Gasteiger partial charge in [0.15, 0.2) is 11.6 Å². The summed E-state index contributed by atoms with van der Waals surface area (Å²) in [6, 6.07) is 28.3. The number of hydrogen-bond acceptors (Lipinski definition) is 5. The van der Waals surface area contributed by atoms with E-state index in [9.17, 15) is 0 Å². The minimum Gasteiger partial charge on any atom is -0.456 e. The van der Waals surface area contributed by atoms with E-state index in [1.54, 1.807) is 0 Å². The molecule has 0 unspecified atom stereocenters. The van der Waals surface area contributed by atoms with Gasteiger partial charge in [0.05, 0.1) is 19.3 Å². The second-order valence-corrected chi connectivity index (χ2v) is 10.8. The van der Waals surface area contributed by atoms with Crippen LogP contribution in [0.25, 0.3) is 94.4 Å². The molecule has 210 valence electrons.